The highest BCUT2D eigenvalue weighted by molar-refractivity contribution is 7.10. The summed E-state index contributed by atoms with van der Waals surface area (Å²) in [4.78, 5) is 1.29. The Morgan fingerprint density at radius 3 is 2.56 bits per heavy atom. The molecule has 2 atom stereocenters. The molecule has 0 aromatic carbocycles. The summed E-state index contributed by atoms with van der Waals surface area (Å²) in [5.74, 6) is 0.352. The molecule has 1 aliphatic rings. The molecule has 2 heteroatoms. The van der Waals surface area contributed by atoms with Crippen molar-refractivity contribution in [2.75, 3.05) is 0 Å². The largest absolute Gasteiger partial charge is 0.385 e. The number of aryl methyl sites for hydroxylation is 1. The minimum Gasteiger partial charge on any atom is -0.385 e. The molecule has 1 nitrogen and oxygen atoms in total. The van der Waals surface area contributed by atoms with Gasteiger partial charge in [-0.25, -0.2) is 0 Å². The molecule has 0 aliphatic heterocycles. The molecule has 1 aromatic rings. The van der Waals surface area contributed by atoms with Crippen molar-refractivity contribution in [3.05, 3.63) is 21.9 Å². The summed E-state index contributed by atoms with van der Waals surface area (Å²) in [5, 5.41) is 13.0. The Morgan fingerprint density at radius 2 is 2.06 bits per heavy atom. The van der Waals surface area contributed by atoms with Gasteiger partial charge in [-0.15, -0.1) is 11.3 Å². The monoisotopic (exact) mass is 238 g/mol. The molecule has 16 heavy (non-hydrogen) atoms. The van der Waals surface area contributed by atoms with Crippen LogP contribution in [-0.4, -0.2) is 5.11 Å². The van der Waals surface area contributed by atoms with E-state index in [1.165, 1.54) is 4.88 Å². The minimum atomic E-state index is -0.583. The van der Waals surface area contributed by atoms with E-state index in [2.05, 4.69) is 39.1 Å². The third-order valence-electron chi connectivity index (χ3n) is 4.09. The van der Waals surface area contributed by atoms with Crippen molar-refractivity contribution in [1.82, 2.24) is 0 Å². The zero-order valence-electron chi connectivity index (χ0n) is 10.7. The fraction of sp³-hybridized carbons (Fsp3) is 0.714. The van der Waals surface area contributed by atoms with Crippen LogP contribution in [0, 0.1) is 18.3 Å². The molecule has 0 amide bonds. The van der Waals surface area contributed by atoms with E-state index in [1.807, 2.05) is 0 Å². The Morgan fingerprint density at radius 1 is 1.38 bits per heavy atom. The normalized spacial score (nSPS) is 33.9. The van der Waals surface area contributed by atoms with Crippen LogP contribution in [0.3, 0.4) is 0 Å². The zero-order chi connectivity index (χ0) is 12.0. The molecule has 1 aromatic heterocycles. The van der Waals surface area contributed by atoms with E-state index in [-0.39, 0.29) is 0 Å². The third kappa shape index (κ3) is 2.05. The first-order valence-corrected chi connectivity index (χ1v) is 6.99. The summed E-state index contributed by atoms with van der Waals surface area (Å²) < 4.78 is 0. The van der Waals surface area contributed by atoms with E-state index in [0.717, 1.165) is 24.8 Å². The van der Waals surface area contributed by atoms with Gasteiger partial charge in [-0.1, -0.05) is 20.8 Å². The smallest absolute Gasteiger partial charge is 0.0930 e. The summed E-state index contributed by atoms with van der Waals surface area (Å²) in [7, 11) is 0. The van der Waals surface area contributed by atoms with Crippen LogP contribution in [-0.2, 0) is 5.60 Å². The molecule has 1 fully saturated rings. The molecule has 1 heterocycles. The fourth-order valence-corrected chi connectivity index (χ4v) is 3.75. The first-order chi connectivity index (χ1) is 7.33. The maximum atomic E-state index is 10.9. The number of thiophene rings is 1. The highest BCUT2D eigenvalue weighted by Crippen LogP contribution is 2.49. The predicted molar refractivity (Wildman–Crippen MR) is 69.7 cm³/mol. The minimum absolute atomic E-state index is 0.352. The molecule has 0 saturated heterocycles. The van der Waals surface area contributed by atoms with Crippen molar-refractivity contribution in [2.45, 2.75) is 52.6 Å². The second kappa shape index (κ2) is 3.85. The Hall–Kier alpha value is -0.340. The van der Waals surface area contributed by atoms with Gasteiger partial charge in [0.25, 0.3) is 0 Å². The summed E-state index contributed by atoms with van der Waals surface area (Å²) in [6, 6.07) is 2.15. The number of rotatable bonds is 1. The van der Waals surface area contributed by atoms with Crippen LogP contribution >= 0.6 is 11.3 Å². The van der Waals surface area contributed by atoms with Crippen molar-refractivity contribution in [2.24, 2.45) is 11.3 Å². The average Bonchev–Trinajstić information content (AvgIpc) is 2.59. The maximum Gasteiger partial charge on any atom is 0.0930 e. The molecule has 0 spiro atoms. The van der Waals surface area contributed by atoms with E-state index in [4.69, 9.17) is 0 Å². The van der Waals surface area contributed by atoms with Crippen LogP contribution in [0.2, 0.25) is 0 Å². The Balaban J connectivity index is 2.26. The van der Waals surface area contributed by atoms with Gasteiger partial charge in [0.2, 0.25) is 0 Å². The van der Waals surface area contributed by atoms with Gasteiger partial charge >= 0.3 is 0 Å². The second-order valence-electron chi connectivity index (χ2n) is 6.14. The second-order valence-corrected chi connectivity index (χ2v) is 7.26. The van der Waals surface area contributed by atoms with E-state index in [0.29, 0.717) is 11.3 Å². The molecule has 0 radical (unpaired) electrons. The Bertz CT molecular complexity index is 380. The number of aliphatic hydroxyl groups is 1. The van der Waals surface area contributed by atoms with E-state index in [9.17, 15) is 5.11 Å². The lowest BCUT2D eigenvalue weighted by Crippen LogP contribution is -2.41. The van der Waals surface area contributed by atoms with Crippen molar-refractivity contribution in [3.8, 4) is 0 Å². The predicted octanol–water partition coefficient (Wildman–Crippen LogP) is 4.09. The van der Waals surface area contributed by atoms with E-state index >= 15 is 0 Å². The number of hydrogen-bond acceptors (Lipinski definition) is 2. The summed E-state index contributed by atoms with van der Waals surface area (Å²) in [6.07, 6.45) is 3.12. The van der Waals surface area contributed by atoms with Gasteiger partial charge in [0, 0.05) is 4.88 Å². The van der Waals surface area contributed by atoms with Crippen LogP contribution in [0.25, 0.3) is 0 Å². The summed E-state index contributed by atoms with van der Waals surface area (Å²) >= 11 is 1.74. The SMILES string of the molecule is Cc1cc(C2(O)CCC(C)(C)CC2C)cs1. The topological polar surface area (TPSA) is 20.2 Å². The van der Waals surface area contributed by atoms with Crippen LogP contribution < -0.4 is 0 Å². The molecule has 2 rings (SSSR count). The molecule has 1 N–H and O–H groups in total. The zero-order valence-corrected chi connectivity index (χ0v) is 11.5. The van der Waals surface area contributed by atoms with Crippen LogP contribution in [0.15, 0.2) is 11.4 Å². The molecular weight excluding hydrogens is 216 g/mol. The maximum absolute atomic E-state index is 10.9. The molecule has 1 saturated carbocycles. The van der Waals surface area contributed by atoms with Gasteiger partial charge in [-0.2, -0.15) is 0 Å². The van der Waals surface area contributed by atoms with Crippen LogP contribution in [0.4, 0.5) is 0 Å². The lowest BCUT2D eigenvalue weighted by atomic mass is 9.64. The standard InChI is InChI=1S/C14H22OS/c1-10-8-13(3,4)5-6-14(10,15)12-7-11(2)16-9-12/h7,9-10,15H,5-6,8H2,1-4H3. The molecule has 1 aliphatic carbocycles. The first kappa shape index (κ1) is 12.1. The fourth-order valence-electron chi connectivity index (χ4n) is 2.97. The Kier molecular flexibility index (Phi) is 2.92. The molecule has 2 unspecified atom stereocenters. The van der Waals surface area contributed by atoms with Gasteiger partial charge in [-0.3, -0.25) is 0 Å². The van der Waals surface area contributed by atoms with Crippen molar-refractivity contribution < 1.29 is 5.11 Å². The summed E-state index contributed by atoms with van der Waals surface area (Å²) in [5.41, 5.74) is 0.940. The number of hydrogen-bond donors (Lipinski definition) is 1. The van der Waals surface area contributed by atoms with E-state index < -0.39 is 5.60 Å². The Labute approximate surface area is 103 Å². The lowest BCUT2D eigenvalue weighted by molar-refractivity contribution is -0.0767. The van der Waals surface area contributed by atoms with E-state index in [1.54, 1.807) is 11.3 Å². The molecule has 0 bridgehead atoms. The molecular formula is C14H22OS. The van der Waals surface area contributed by atoms with Crippen LogP contribution in [0.1, 0.15) is 50.5 Å². The van der Waals surface area contributed by atoms with Gasteiger partial charge in [-0.05, 0) is 54.5 Å². The van der Waals surface area contributed by atoms with Gasteiger partial charge in [0.15, 0.2) is 0 Å². The van der Waals surface area contributed by atoms with Gasteiger partial charge < -0.3 is 5.11 Å². The average molecular weight is 238 g/mol. The summed E-state index contributed by atoms with van der Waals surface area (Å²) in [6.45, 7) is 8.91. The van der Waals surface area contributed by atoms with Crippen molar-refractivity contribution in [1.29, 1.82) is 0 Å². The highest BCUT2D eigenvalue weighted by atomic mass is 32.1. The van der Waals surface area contributed by atoms with Crippen molar-refractivity contribution >= 4 is 11.3 Å². The van der Waals surface area contributed by atoms with Gasteiger partial charge in [0.1, 0.15) is 0 Å². The molecule has 90 valence electrons. The quantitative estimate of drug-likeness (QED) is 0.781. The van der Waals surface area contributed by atoms with Crippen molar-refractivity contribution in [3.63, 3.8) is 0 Å². The lowest BCUT2D eigenvalue weighted by Gasteiger charge is -2.45. The first-order valence-electron chi connectivity index (χ1n) is 6.11. The van der Waals surface area contributed by atoms with Gasteiger partial charge in [0.05, 0.1) is 5.60 Å². The van der Waals surface area contributed by atoms with Crippen LogP contribution in [0.5, 0.6) is 0 Å². The highest BCUT2D eigenvalue weighted by Gasteiger charge is 2.43. The third-order valence-corrected chi connectivity index (χ3v) is 4.95.